The van der Waals surface area contributed by atoms with Gasteiger partial charge in [-0.1, -0.05) is 12.1 Å². The fourth-order valence-electron chi connectivity index (χ4n) is 2.75. The van der Waals surface area contributed by atoms with Crippen molar-refractivity contribution < 1.29 is 14.0 Å². The SMILES string of the molecule is Cc1cccc(NC(=O)N[C@H]2CC(=O)N(c3ccc(F)cc3)C2)c1. The Morgan fingerprint density at radius 3 is 2.67 bits per heavy atom. The molecule has 124 valence electrons. The van der Waals surface area contributed by atoms with E-state index in [-0.39, 0.29) is 30.2 Å². The second-order valence-electron chi connectivity index (χ2n) is 5.85. The first kappa shape index (κ1) is 16.0. The fourth-order valence-corrected chi connectivity index (χ4v) is 2.75. The molecule has 2 N–H and O–H groups in total. The van der Waals surface area contributed by atoms with Crippen LogP contribution in [0.2, 0.25) is 0 Å². The molecule has 1 aliphatic rings. The van der Waals surface area contributed by atoms with Crippen LogP contribution in [0, 0.1) is 12.7 Å². The topological polar surface area (TPSA) is 61.4 Å². The third-order valence-electron chi connectivity index (χ3n) is 3.87. The van der Waals surface area contributed by atoms with Gasteiger partial charge in [0.05, 0.1) is 6.04 Å². The van der Waals surface area contributed by atoms with Crippen LogP contribution in [0.25, 0.3) is 0 Å². The molecule has 0 spiro atoms. The van der Waals surface area contributed by atoms with Crippen molar-refractivity contribution in [1.82, 2.24) is 5.32 Å². The predicted molar refractivity (Wildman–Crippen MR) is 90.5 cm³/mol. The molecule has 2 aromatic carbocycles. The highest BCUT2D eigenvalue weighted by atomic mass is 19.1. The molecule has 1 aliphatic heterocycles. The lowest BCUT2D eigenvalue weighted by atomic mass is 10.2. The number of aryl methyl sites for hydroxylation is 1. The van der Waals surface area contributed by atoms with Crippen molar-refractivity contribution in [3.8, 4) is 0 Å². The zero-order valence-corrected chi connectivity index (χ0v) is 13.3. The second-order valence-corrected chi connectivity index (χ2v) is 5.85. The van der Waals surface area contributed by atoms with Crippen LogP contribution >= 0.6 is 0 Å². The molecule has 0 radical (unpaired) electrons. The molecule has 3 rings (SSSR count). The van der Waals surface area contributed by atoms with Crippen LogP contribution in [0.5, 0.6) is 0 Å². The van der Waals surface area contributed by atoms with E-state index < -0.39 is 0 Å². The quantitative estimate of drug-likeness (QED) is 0.910. The summed E-state index contributed by atoms with van der Waals surface area (Å²) in [4.78, 5) is 25.7. The Bertz CT molecular complexity index is 761. The number of amides is 3. The Morgan fingerprint density at radius 1 is 1.21 bits per heavy atom. The zero-order valence-electron chi connectivity index (χ0n) is 13.3. The summed E-state index contributed by atoms with van der Waals surface area (Å²) in [5.41, 5.74) is 2.38. The molecule has 1 fully saturated rings. The number of rotatable bonds is 3. The van der Waals surface area contributed by atoms with Gasteiger partial charge in [-0.2, -0.15) is 0 Å². The van der Waals surface area contributed by atoms with Crippen molar-refractivity contribution in [3.05, 3.63) is 59.9 Å². The van der Waals surface area contributed by atoms with Crippen LogP contribution in [-0.4, -0.2) is 24.5 Å². The maximum absolute atomic E-state index is 13.0. The Hall–Kier alpha value is -2.89. The number of halogens is 1. The molecule has 0 aliphatic carbocycles. The van der Waals surface area contributed by atoms with E-state index in [1.165, 1.54) is 12.1 Å². The first-order chi connectivity index (χ1) is 11.5. The molecule has 0 aromatic heterocycles. The highest BCUT2D eigenvalue weighted by Crippen LogP contribution is 2.22. The maximum Gasteiger partial charge on any atom is 0.319 e. The van der Waals surface area contributed by atoms with Crippen molar-refractivity contribution in [2.45, 2.75) is 19.4 Å². The smallest absolute Gasteiger partial charge is 0.319 e. The third kappa shape index (κ3) is 3.71. The molecule has 1 atom stereocenters. The van der Waals surface area contributed by atoms with Crippen LogP contribution in [0.4, 0.5) is 20.6 Å². The van der Waals surface area contributed by atoms with E-state index >= 15 is 0 Å². The predicted octanol–water partition coefficient (Wildman–Crippen LogP) is 3.06. The molecule has 24 heavy (non-hydrogen) atoms. The van der Waals surface area contributed by atoms with Crippen molar-refractivity contribution in [2.75, 3.05) is 16.8 Å². The number of carbonyl (C=O) groups is 2. The number of nitrogens with one attached hydrogen (secondary N) is 2. The van der Waals surface area contributed by atoms with Gasteiger partial charge in [0.1, 0.15) is 5.82 Å². The summed E-state index contributed by atoms with van der Waals surface area (Å²) in [6.07, 6.45) is 0.221. The van der Waals surface area contributed by atoms with Gasteiger partial charge in [0.15, 0.2) is 0 Å². The van der Waals surface area contributed by atoms with Gasteiger partial charge in [0.2, 0.25) is 5.91 Å². The first-order valence-corrected chi connectivity index (χ1v) is 7.71. The van der Waals surface area contributed by atoms with E-state index in [0.717, 1.165) is 5.56 Å². The average Bonchev–Trinajstić information content (AvgIpc) is 2.88. The largest absolute Gasteiger partial charge is 0.333 e. The first-order valence-electron chi connectivity index (χ1n) is 7.71. The molecule has 5 nitrogen and oxygen atoms in total. The summed E-state index contributed by atoms with van der Waals surface area (Å²) >= 11 is 0. The van der Waals surface area contributed by atoms with Crippen molar-refractivity contribution >= 4 is 23.3 Å². The molecule has 1 saturated heterocycles. The summed E-state index contributed by atoms with van der Waals surface area (Å²) in [6, 6.07) is 12.6. The molecule has 0 bridgehead atoms. The van der Waals surface area contributed by atoms with Gasteiger partial charge in [0.25, 0.3) is 0 Å². The van der Waals surface area contributed by atoms with E-state index in [1.54, 1.807) is 23.1 Å². The number of carbonyl (C=O) groups excluding carboxylic acids is 2. The van der Waals surface area contributed by atoms with Crippen molar-refractivity contribution in [2.24, 2.45) is 0 Å². The zero-order chi connectivity index (χ0) is 17.1. The number of nitrogens with zero attached hydrogens (tertiary/aromatic N) is 1. The molecule has 1 heterocycles. The van der Waals surface area contributed by atoms with Crippen LogP contribution in [-0.2, 0) is 4.79 Å². The van der Waals surface area contributed by atoms with Gasteiger partial charge >= 0.3 is 6.03 Å². The second kappa shape index (κ2) is 6.70. The fraction of sp³-hybridized carbons (Fsp3) is 0.222. The van der Waals surface area contributed by atoms with Gasteiger partial charge < -0.3 is 15.5 Å². The number of hydrogen-bond acceptors (Lipinski definition) is 2. The average molecular weight is 327 g/mol. The number of hydrogen-bond donors (Lipinski definition) is 2. The van der Waals surface area contributed by atoms with Crippen molar-refractivity contribution in [1.29, 1.82) is 0 Å². The summed E-state index contributed by atoms with van der Waals surface area (Å²) in [5, 5.41) is 5.56. The third-order valence-corrected chi connectivity index (χ3v) is 3.87. The molecular weight excluding hydrogens is 309 g/mol. The lowest BCUT2D eigenvalue weighted by Gasteiger charge is -2.17. The molecule has 0 unspecified atom stereocenters. The van der Waals surface area contributed by atoms with E-state index in [2.05, 4.69) is 10.6 Å². The summed E-state index contributed by atoms with van der Waals surface area (Å²) < 4.78 is 13.0. The molecule has 0 saturated carbocycles. The van der Waals surface area contributed by atoms with Crippen molar-refractivity contribution in [3.63, 3.8) is 0 Å². The van der Waals surface area contributed by atoms with E-state index in [0.29, 0.717) is 17.9 Å². The molecule has 3 amide bonds. The Morgan fingerprint density at radius 2 is 1.96 bits per heavy atom. The molecular formula is C18H18FN3O2. The number of benzene rings is 2. The lowest BCUT2D eigenvalue weighted by Crippen LogP contribution is -2.39. The van der Waals surface area contributed by atoms with Gasteiger partial charge in [-0.3, -0.25) is 4.79 Å². The molecule has 6 heteroatoms. The Kier molecular flexibility index (Phi) is 4.46. The molecule has 2 aromatic rings. The lowest BCUT2D eigenvalue weighted by molar-refractivity contribution is -0.117. The van der Waals surface area contributed by atoms with Crippen LogP contribution in [0.1, 0.15) is 12.0 Å². The highest BCUT2D eigenvalue weighted by Gasteiger charge is 2.31. The monoisotopic (exact) mass is 327 g/mol. The summed E-state index contributed by atoms with van der Waals surface area (Å²) in [5.74, 6) is -0.444. The van der Waals surface area contributed by atoms with Gasteiger partial charge in [0, 0.05) is 24.3 Å². The Labute approximate surface area is 139 Å². The van der Waals surface area contributed by atoms with Gasteiger partial charge in [-0.05, 0) is 48.9 Å². The maximum atomic E-state index is 13.0. The van der Waals surface area contributed by atoms with Crippen LogP contribution < -0.4 is 15.5 Å². The van der Waals surface area contributed by atoms with Gasteiger partial charge in [-0.25, -0.2) is 9.18 Å². The van der Waals surface area contributed by atoms with E-state index in [9.17, 15) is 14.0 Å². The summed E-state index contributed by atoms with van der Waals surface area (Å²) in [6.45, 7) is 2.31. The Balaban J connectivity index is 1.59. The normalized spacial score (nSPS) is 17.0. The minimum Gasteiger partial charge on any atom is -0.333 e. The van der Waals surface area contributed by atoms with Crippen LogP contribution in [0.3, 0.4) is 0 Å². The minimum atomic E-state index is -0.349. The standard InChI is InChI=1S/C18H18FN3O2/c1-12-3-2-4-14(9-12)20-18(24)21-15-10-17(23)22(11-15)16-7-5-13(19)6-8-16/h2-9,15H,10-11H2,1H3,(H2,20,21,24)/t15-/m0/s1. The van der Waals surface area contributed by atoms with E-state index in [1.807, 2.05) is 25.1 Å². The highest BCUT2D eigenvalue weighted by molar-refractivity contribution is 5.97. The minimum absolute atomic E-state index is 0.0949. The summed E-state index contributed by atoms with van der Waals surface area (Å²) in [7, 11) is 0. The van der Waals surface area contributed by atoms with E-state index in [4.69, 9.17) is 0 Å². The number of anilines is 2. The van der Waals surface area contributed by atoms with Crippen LogP contribution in [0.15, 0.2) is 48.5 Å². The number of urea groups is 1. The van der Waals surface area contributed by atoms with Gasteiger partial charge in [-0.15, -0.1) is 0 Å².